The van der Waals surface area contributed by atoms with Gasteiger partial charge in [0.1, 0.15) is 17.7 Å². The molecule has 3 nitrogen and oxygen atoms in total. The van der Waals surface area contributed by atoms with Gasteiger partial charge in [0.25, 0.3) is 0 Å². The molecule has 1 aliphatic carbocycles. The molecule has 0 heterocycles. The van der Waals surface area contributed by atoms with Crippen LogP contribution in [-0.2, 0) is 11.0 Å². The van der Waals surface area contributed by atoms with Crippen molar-refractivity contribution in [3.63, 3.8) is 0 Å². The molecule has 2 atom stereocenters. The highest BCUT2D eigenvalue weighted by molar-refractivity contribution is 5.72. The third-order valence-electron chi connectivity index (χ3n) is 5.54. The third-order valence-corrected chi connectivity index (χ3v) is 5.54. The maximum atomic E-state index is 13.3. The summed E-state index contributed by atoms with van der Waals surface area (Å²) in [5.41, 5.74) is -0.721. The Labute approximate surface area is 210 Å². The summed E-state index contributed by atoms with van der Waals surface area (Å²) in [5, 5.41) is 0. The fourth-order valence-corrected chi connectivity index (χ4v) is 3.64. The summed E-state index contributed by atoms with van der Waals surface area (Å²) in [6, 6.07) is 14.0. The van der Waals surface area contributed by atoms with E-state index in [0.29, 0.717) is 25.0 Å². The second kappa shape index (κ2) is 15.8. The van der Waals surface area contributed by atoms with Crippen molar-refractivity contribution in [2.45, 2.75) is 64.2 Å². The summed E-state index contributed by atoms with van der Waals surface area (Å²) in [6.45, 7) is 2.25. The van der Waals surface area contributed by atoms with Gasteiger partial charge in [-0.3, -0.25) is 4.79 Å². The number of esters is 1. The summed E-state index contributed by atoms with van der Waals surface area (Å²) in [7, 11) is 0. The Hall–Kier alpha value is -3.09. The van der Waals surface area contributed by atoms with Gasteiger partial charge in [-0.25, -0.2) is 4.39 Å². The van der Waals surface area contributed by atoms with Crippen molar-refractivity contribution < 1.29 is 31.8 Å². The monoisotopic (exact) mass is 506 g/mol. The number of rotatable bonds is 10. The van der Waals surface area contributed by atoms with Crippen molar-refractivity contribution in [1.82, 2.24) is 0 Å². The molecule has 2 unspecified atom stereocenters. The van der Waals surface area contributed by atoms with Crippen LogP contribution in [0.3, 0.4) is 0 Å². The predicted molar refractivity (Wildman–Crippen MR) is 134 cm³/mol. The van der Waals surface area contributed by atoms with Gasteiger partial charge in [-0.1, -0.05) is 48.6 Å². The van der Waals surface area contributed by atoms with Crippen LogP contribution in [0.2, 0.25) is 0 Å². The number of halogens is 4. The molecular weight excluding hydrogens is 472 g/mol. The first-order chi connectivity index (χ1) is 17.3. The first-order valence-corrected chi connectivity index (χ1v) is 12.3. The molecule has 1 aliphatic rings. The number of ether oxygens (including phenoxy) is 2. The van der Waals surface area contributed by atoms with Crippen molar-refractivity contribution in [1.29, 1.82) is 0 Å². The molecule has 0 bridgehead atoms. The van der Waals surface area contributed by atoms with E-state index >= 15 is 0 Å². The SMILES string of the molecule is C/C=C\CCCC(=O)Oc1ccccc1.FC1CCCC1/C=C/CCOc1cccc(C(F)(F)F)c1. The van der Waals surface area contributed by atoms with Gasteiger partial charge in [-0.15, -0.1) is 0 Å². The predicted octanol–water partition coefficient (Wildman–Crippen LogP) is 8.51. The fraction of sp³-hybridized carbons (Fsp3) is 0.414. The summed E-state index contributed by atoms with van der Waals surface area (Å²) in [6.07, 6.45) is 7.82. The number of unbranched alkanes of at least 4 members (excludes halogenated alkanes) is 1. The number of carbonyl (C=O) groups is 1. The van der Waals surface area contributed by atoms with Crippen molar-refractivity contribution in [2.24, 2.45) is 5.92 Å². The second-order valence-corrected chi connectivity index (χ2v) is 8.45. The average molecular weight is 507 g/mol. The zero-order valence-electron chi connectivity index (χ0n) is 20.6. The number of para-hydroxylation sites is 1. The minimum absolute atomic E-state index is 0.0152. The van der Waals surface area contributed by atoms with Crippen LogP contribution in [0, 0.1) is 5.92 Å². The van der Waals surface area contributed by atoms with E-state index in [-0.39, 0.29) is 24.2 Å². The molecule has 0 aromatic heterocycles. The highest BCUT2D eigenvalue weighted by Gasteiger charge is 2.30. The lowest BCUT2D eigenvalue weighted by Gasteiger charge is -2.10. The molecule has 0 spiro atoms. The van der Waals surface area contributed by atoms with Crippen molar-refractivity contribution in [3.05, 3.63) is 84.5 Å². The minimum Gasteiger partial charge on any atom is -0.493 e. The minimum atomic E-state index is -4.36. The summed E-state index contributed by atoms with van der Waals surface area (Å²) < 4.78 is 61.3. The number of allylic oxidation sites excluding steroid dienone is 3. The van der Waals surface area contributed by atoms with Crippen LogP contribution in [0.25, 0.3) is 0 Å². The summed E-state index contributed by atoms with van der Waals surface area (Å²) >= 11 is 0. The van der Waals surface area contributed by atoms with E-state index in [1.54, 1.807) is 12.1 Å². The topological polar surface area (TPSA) is 35.5 Å². The van der Waals surface area contributed by atoms with Crippen LogP contribution >= 0.6 is 0 Å². The van der Waals surface area contributed by atoms with Crippen molar-refractivity contribution in [2.75, 3.05) is 6.61 Å². The van der Waals surface area contributed by atoms with Crippen LogP contribution < -0.4 is 9.47 Å². The van der Waals surface area contributed by atoms with E-state index < -0.39 is 17.9 Å². The standard InChI is InChI=1S/C16H18F4O.C13H16O2/c17-15-9-3-6-12(15)5-1-2-10-21-14-8-4-7-13(11-14)16(18,19)20;1-2-3-4-8-11-13(14)15-12-9-6-5-7-10-12/h1,4-5,7-8,11-12,15H,2-3,6,9-10H2;2-3,5-7,9-10H,4,8,11H2,1H3/b5-1+;3-2-. The van der Waals surface area contributed by atoms with Gasteiger partial charge in [0.15, 0.2) is 0 Å². The van der Waals surface area contributed by atoms with Gasteiger partial charge < -0.3 is 9.47 Å². The van der Waals surface area contributed by atoms with Crippen LogP contribution in [0.4, 0.5) is 17.6 Å². The van der Waals surface area contributed by atoms with E-state index in [2.05, 4.69) is 6.08 Å². The quantitative estimate of drug-likeness (QED) is 0.107. The average Bonchev–Trinajstić information content (AvgIpc) is 3.27. The molecule has 1 saturated carbocycles. The molecule has 1 fully saturated rings. The van der Waals surface area contributed by atoms with E-state index in [1.165, 1.54) is 12.1 Å². The Morgan fingerprint density at radius 1 is 1.00 bits per heavy atom. The Kier molecular flexibility index (Phi) is 12.8. The zero-order chi connectivity index (χ0) is 26.2. The van der Waals surface area contributed by atoms with Gasteiger partial charge in [0, 0.05) is 12.3 Å². The van der Waals surface area contributed by atoms with Gasteiger partial charge in [-0.05, 0) is 75.8 Å². The number of benzene rings is 2. The van der Waals surface area contributed by atoms with Gasteiger partial charge >= 0.3 is 12.1 Å². The van der Waals surface area contributed by atoms with Crippen molar-refractivity contribution in [3.8, 4) is 11.5 Å². The first kappa shape index (κ1) is 29.1. The smallest absolute Gasteiger partial charge is 0.416 e. The van der Waals surface area contributed by atoms with E-state index in [1.807, 2.05) is 43.4 Å². The lowest BCUT2D eigenvalue weighted by atomic mass is 10.1. The zero-order valence-corrected chi connectivity index (χ0v) is 20.6. The highest BCUT2D eigenvalue weighted by atomic mass is 19.4. The molecule has 0 radical (unpaired) electrons. The Morgan fingerprint density at radius 2 is 1.75 bits per heavy atom. The lowest BCUT2D eigenvalue weighted by Crippen LogP contribution is -2.06. The van der Waals surface area contributed by atoms with E-state index in [4.69, 9.17) is 9.47 Å². The molecule has 0 amide bonds. The van der Waals surface area contributed by atoms with Gasteiger partial charge in [0.05, 0.1) is 12.2 Å². The summed E-state index contributed by atoms with van der Waals surface area (Å²) in [5.74, 6) is 0.639. The molecule has 0 N–H and O–H groups in total. The molecule has 3 rings (SSSR count). The highest BCUT2D eigenvalue weighted by Crippen LogP contribution is 2.31. The number of hydrogen-bond acceptors (Lipinski definition) is 3. The Morgan fingerprint density at radius 3 is 2.42 bits per heavy atom. The normalized spacial score (nSPS) is 17.7. The largest absolute Gasteiger partial charge is 0.493 e. The lowest BCUT2D eigenvalue weighted by molar-refractivity contribution is -0.137. The Bertz CT molecular complexity index is 954. The van der Waals surface area contributed by atoms with Crippen molar-refractivity contribution >= 4 is 5.97 Å². The molecule has 7 heteroatoms. The van der Waals surface area contributed by atoms with Crippen LogP contribution in [0.15, 0.2) is 78.9 Å². The van der Waals surface area contributed by atoms with E-state index in [9.17, 15) is 22.4 Å². The molecule has 2 aromatic rings. The number of carbonyl (C=O) groups excluding carboxylic acids is 1. The third kappa shape index (κ3) is 11.6. The molecular formula is C29H34F4O3. The van der Waals surface area contributed by atoms with Crippen LogP contribution in [0.5, 0.6) is 11.5 Å². The van der Waals surface area contributed by atoms with E-state index in [0.717, 1.165) is 37.8 Å². The maximum Gasteiger partial charge on any atom is 0.416 e. The maximum absolute atomic E-state index is 13.3. The fourth-order valence-electron chi connectivity index (χ4n) is 3.64. The number of alkyl halides is 4. The molecule has 0 aliphatic heterocycles. The Balaban J connectivity index is 0.000000269. The van der Waals surface area contributed by atoms with Crippen LogP contribution in [-0.4, -0.2) is 18.7 Å². The molecule has 36 heavy (non-hydrogen) atoms. The molecule has 196 valence electrons. The van der Waals surface area contributed by atoms with Crippen LogP contribution in [0.1, 0.15) is 57.4 Å². The first-order valence-electron chi connectivity index (χ1n) is 12.3. The van der Waals surface area contributed by atoms with Gasteiger partial charge in [-0.2, -0.15) is 13.2 Å². The number of hydrogen-bond donors (Lipinski definition) is 0. The summed E-state index contributed by atoms with van der Waals surface area (Å²) in [4.78, 5) is 11.3. The molecule has 2 aromatic carbocycles. The second-order valence-electron chi connectivity index (χ2n) is 8.45. The van der Waals surface area contributed by atoms with Gasteiger partial charge in [0.2, 0.25) is 0 Å². The molecule has 0 saturated heterocycles.